The Balaban J connectivity index is 3.20. The third-order valence-electron chi connectivity index (χ3n) is 2.39. The first-order valence-corrected chi connectivity index (χ1v) is 6.93. The van der Waals surface area contributed by atoms with Gasteiger partial charge >= 0.3 is 5.97 Å². The van der Waals surface area contributed by atoms with Crippen LogP contribution in [0, 0.1) is 17.6 Å². The third-order valence-corrected chi connectivity index (χ3v) is 3.52. The lowest BCUT2D eigenvalue weighted by Gasteiger charge is -2.09. The summed E-state index contributed by atoms with van der Waals surface area (Å²) in [5.41, 5.74) is 0.104. The van der Waals surface area contributed by atoms with Crippen LogP contribution in [0.5, 0.6) is 0 Å². The van der Waals surface area contributed by atoms with Gasteiger partial charge in [0.1, 0.15) is 16.5 Å². The molecule has 1 aromatic carbocycles. The van der Waals surface area contributed by atoms with Crippen molar-refractivity contribution >= 4 is 15.8 Å². The van der Waals surface area contributed by atoms with E-state index in [-0.39, 0.29) is 12.0 Å². The Hall–Kier alpha value is -1.50. The van der Waals surface area contributed by atoms with E-state index >= 15 is 0 Å². The van der Waals surface area contributed by atoms with Crippen molar-refractivity contribution in [3.8, 4) is 0 Å². The van der Waals surface area contributed by atoms with Crippen molar-refractivity contribution in [2.75, 3.05) is 6.26 Å². The highest BCUT2D eigenvalue weighted by atomic mass is 32.2. The molecule has 0 saturated carbocycles. The number of rotatable bonds is 4. The first-order valence-electron chi connectivity index (χ1n) is 5.03. The van der Waals surface area contributed by atoms with Crippen LogP contribution in [0.1, 0.15) is 12.5 Å². The number of aliphatic carboxylic acids is 1. The topological polar surface area (TPSA) is 71.4 Å². The molecule has 0 fully saturated rings. The molecule has 0 heterocycles. The van der Waals surface area contributed by atoms with Gasteiger partial charge in [0.05, 0.1) is 5.92 Å². The number of benzene rings is 1. The molecule has 0 bridgehead atoms. The molecule has 1 atom stereocenters. The van der Waals surface area contributed by atoms with E-state index in [1.807, 2.05) is 0 Å². The van der Waals surface area contributed by atoms with Crippen LogP contribution in [-0.2, 0) is 21.1 Å². The molecule has 0 aliphatic carbocycles. The third kappa shape index (κ3) is 3.25. The van der Waals surface area contributed by atoms with E-state index in [9.17, 15) is 22.0 Å². The number of halogens is 2. The van der Waals surface area contributed by atoms with Crippen molar-refractivity contribution in [2.24, 2.45) is 5.92 Å². The largest absolute Gasteiger partial charge is 0.481 e. The Morgan fingerprint density at radius 3 is 2.11 bits per heavy atom. The second kappa shape index (κ2) is 5.01. The number of hydrogen-bond acceptors (Lipinski definition) is 3. The summed E-state index contributed by atoms with van der Waals surface area (Å²) < 4.78 is 49.3. The van der Waals surface area contributed by atoms with E-state index < -0.39 is 38.3 Å². The zero-order chi connectivity index (χ0) is 14.1. The minimum absolute atomic E-state index is 0.0762. The first-order chi connectivity index (χ1) is 8.12. The van der Waals surface area contributed by atoms with Crippen LogP contribution in [0.4, 0.5) is 8.78 Å². The van der Waals surface area contributed by atoms with E-state index in [2.05, 4.69) is 0 Å². The van der Waals surface area contributed by atoms with Crippen molar-refractivity contribution in [1.82, 2.24) is 0 Å². The van der Waals surface area contributed by atoms with Crippen LogP contribution in [0.2, 0.25) is 0 Å². The van der Waals surface area contributed by atoms with E-state index in [1.54, 1.807) is 0 Å². The van der Waals surface area contributed by atoms with E-state index in [4.69, 9.17) is 5.11 Å². The van der Waals surface area contributed by atoms with Gasteiger partial charge in [0.2, 0.25) is 0 Å². The number of carbonyl (C=O) groups is 1. The monoisotopic (exact) mass is 278 g/mol. The smallest absolute Gasteiger partial charge is 0.306 e. The van der Waals surface area contributed by atoms with Gasteiger partial charge in [0.25, 0.3) is 0 Å². The summed E-state index contributed by atoms with van der Waals surface area (Å²) in [6.07, 6.45) is 0.626. The van der Waals surface area contributed by atoms with Crippen LogP contribution >= 0.6 is 0 Å². The van der Waals surface area contributed by atoms with Gasteiger partial charge < -0.3 is 5.11 Å². The fraction of sp³-hybridized carbons (Fsp3) is 0.364. The highest BCUT2D eigenvalue weighted by molar-refractivity contribution is 7.90. The Morgan fingerprint density at radius 2 is 1.78 bits per heavy atom. The standard InChI is InChI=1S/C11H12F2O4S/c1-6(11(14)15)3-7-4-8(12)10(9(13)5-7)18(2,16)17/h4-6H,3H2,1-2H3,(H,14,15). The summed E-state index contributed by atoms with van der Waals surface area (Å²) in [7, 11) is -3.99. The summed E-state index contributed by atoms with van der Waals surface area (Å²) in [6.45, 7) is 1.39. The molecule has 0 spiro atoms. The molecule has 0 aromatic heterocycles. The Morgan fingerprint density at radius 1 is 1.33 bits per heavy atom. The quantitative estimate of drug-likeness (QED) is 0.908. The molecule has 1 aromatic rings. The molecule has 18 heavy (non-hydrogen) atoms. The molecule has 4 nitrogen and oxygen atoms in total. The predicted molar refractivity (Wildman–Crippen MR) is 60.0 cm³/mol. The van der Waals surface area contributed by atoms with Gasteiger partial charge in [-0.1, -0.05) is 6.92 Å². The van der Waals surface area contributed by atoms with Gasteiger partial charge in [-0.25, -0.2) is 17.2 Å². The van der Waals surface area contributed by atoms with Gasteiger partial charge in [-0.05, 0) is 24.1 Å². The SMILES string of the molecule is CC(Cc1cc(F)c(S(C)(=O)=O)c(F)c1)C(=O)O. The lowest BCUT2D eigenvalue weighted by molar-refractivity contribution is -0.141. The van der Waals surface area contributed by atoms with E-state index in [1.165, 1.54) is 6.92 Å². The maximum absolute atomic E-state index is 13.5. The normalized spacial score (nSPS) is 13.3. The Labute approximate surface area is 103 Å². The fourth-order valence-corrected chi connectivity index (χ4v) is 2.35. The molecule has 0 amide bonds. The molecule has 0 aliphatic rings. The fourth-order valence-electron chi connectivity index (χ4n) is 1.53. The lowest BCUT2D eigenvalue weighted by atomic mass is 10.0. The number of carboxylic acid groups (broad SMARTS) is 1. The highest BCUT2D eigenvalue weighted by Crippen LogP contribution is 2.22. The second-order valence-corrected chi connectivity index (χ2v) is 6.06. The molecule has 0 radical (unpaired) electrons. The van der Waals surface area contributed by atoms with Crippen molar-refractivity contribution in [3.05, 3.63) is 29.3 Å². The molecule has 7 heteroatoms. The number of sulfone groups is 1. The average molecular weight is 278 g/mol. The average Bonchev–Trinajstić information content (AvgIpc) is 2.13. The molecule has 0 aliphatic heterocycles. The lowest BCUT2D eigenvalue weighted by Crippen LogP contribution is -2.13. The van der Waals surface area contributed by atoms with Gasteiger partial charge in [-0.3, -0.25) is 4.79 Å². The van der Waals surface area contributed by atoms with Crippen LogP contribution in [-0.4, -0.2) is 25.7 Å². The van der Waals surface area contributed by atoms with Gasteiger partial charge in [0.15, 0.2) is 9.84 Å². The minimum Gasteiger partial charge on any atom is -0.481 e. The van der Waals surface area contributed by atoms with E-state index in [0.717, 1.165) is 12.1 Å². The summed E-state index contributed by atoms with van der Waals surface area (Å²) in [6, 6.07) is 1.69. The van der Waals surface area contributed by atoms with Crippen molar-refractivity contribution in [3.63, 3.8) is 0 Å². The van der Waals surface area contributed by atoms with Crippen LogP contribution in [0.3, 0.4) is 0 Å². The molecular weight excluding hydrogens is 266 g/mol. The van der Waals surface area contributed by atoms with Gasteiger partial charge in [0, 0.05) is 6.26 Å². The summed E-state index contributed by atoms with van der Waals surface area (Å²) in [4.78, 5) is 9.62. The molecule has 100 valence electrons. The zero-order valence-electron chi connectivity index (χ0n) is 9.78. The summed E-state index contributed by atoms with van der Waals surface area (Å²) in [5, 5.41) is 8.68. The van der Waals surface area contributed by atoms with Gasteiger partial charge in [-0.2, -0.15) is 0 Å². The van der Waals surface area contributed by atoms with Crippen molar-refractivity contribution < 1.29 is 27.1 Å². The van der Waals surface area contributed by atoms with Crippen LogP contribution < -0.4 is 0 Å². The second-order valence-electron chi connectivity index (χ2n) is 4.10. The van der Waals surface area contributed by atoms with E-state index in [0.29, 0.717) is 6.26 Å². The van der Waals surface area contributed by atoms with Crippen molar-refractivity contribution in [1.29, 1.82) is 0 Å². The zero-order valence-corrected chi connectivity index (χ0v) is 10.6. The summed E-state index contributed by atoms with van der Waals surface area (Å²) in [5.74, 6) is -4.31. The van der Waals surface area contributed by atoms with Crippen LogP contribution in [0.15, 0.2) is 17.0 Å². The number of carboxylic acids is 1. The Bertz CT molecular complexity index is 558. The highest BCUT2D eigenvalue weighted by Gasteiger charge is 2.21. The molecule has 0 saturated heterocycles. The molecule has 1 unspecified atom stereocenters. The maximum Gasteiger partial charge on any atom is 0.306 e. The van der Waals surface area contributed by atoms with Crippen molar-refractivity contribution in [2.45, 2.75) is 18.2 Å². The maximum atomic E-state index is 13.5. The predicted octanol–water partition coefficient (Wildman–Crippen LogP) is 1.63. The Kier molecular flexibility index (Phi) is 4.05. The van der Waals surface area contributed by atoms with Crippen LogP contribution in [0.25, 0.3) is 0 Å². The minimum atomic E-state index is -3.99. The first kappa shape index (κ1) is 14.6. The number of hydrogen-bond donors (Lipinski definition) is 1. The molecular formula is C11H12F2O4S. The van der Waals surface area contributed by atoms with Gasteiger partial charge in [-0.15, -0.1) is 0 Å². The molecule has 1 rings (SSSR count). The summed E-state index contributed by atoms with van der Waals surface area (Å²) >= 11 is 0. The molecule has 1 N–H and O–H groups in total.